The predicted molar refractivity (Wildman–Crippen MR) is 115 cm³/mol. The van der Waals surface area contributed by atoms with Crippen LogP contribution in [0.15, 0.2) is 18.2 Å². The summed E-state index contributed by atoms with van der Waals surface area (Å²) in [6.45, 7) is 9.01. The standard InChI is InChI=1S/C21H30N2O5S/c1-20(2,3)28-19(26)23-15(9-10-29-6)18(25)22-13-7-8-17-14(11-13)16(24)12-21(4,5)27-17/h7-8,11,15H,9-10,12H2,1-6H3,(H,22,25)(H,23,26). The maximum atomic E-state index is 12.8. The number of nitrogens with one attached hydrogen (secondary N) is 2. The molecule has 160 valence electrons. The van der Waals surface area contributed by atoms with Crippen molar-refractivity contribution >= 4 is 35.2 Å². The van der Waals surface area contributed by atoms with Gasteiger partial charge >= 0.3 is 6.09 Å². The van der Waals surface area contributed by atoms with Gasteiger partial charge in [-0.3, -0.25) is 9.59 Å². The summed E-state index contributed by atoms with van der Waals surface area (Å²) in [5.74, 6) is 0.807. The monoisotopic (exact) mass is 422 g/mol. The van der Waals surface area contributed by atoms with Crippen LogP contribution in [0, 0.1) is 0 Å². The predicted octanol–water partition coefficient (Wildman–Crippen LogP) is 4.02. The van der Waals surface area contributed by atoms with Gasteiger partial charge in [-0.15, -0.1) is 0 Å². The number of anilines is 1. The molecule has 2 amide bonds. The largest absolute Gasteiger partial charge is 0.487 e. The van der Waals surface area contributed by atoms with Crippen LogP contribution >= 0.6 is 11.8 Å². The van der Waals surface area contributed by atoms with Crippen molar-refractivity contribution in [3.05, 3.63) is 23.8 Å². The van der Waals surface area contributed by atoms with Crippen LogP contribution in [-0.4, -0.2) is 47.0 Å². The second-order valence-corrected chi connectivity index (χ2v) is 9.63. The van der Waals surface area contributed by atoms with Gasteiger partial charge in [-0.1, -0.05) is 0 Å². The lowest BCUT2D eigenvalue weighted by atomic mass is 9.93. The molecule has 0 aliphatic carbocycles. The van der Waals surface area contributed by atoms with Gasteiger partial charge in [0, 0.05) is 5.69 Å². The van der Waals surface area contributed by atoms with Gasteiger partial charge in [-0.25, -0.2) is 4.79 Å². The lowest BCUT2D eigenvalue weighted by molar-refractivity contribution is -0.118. The molecular formula is C21H30N2O5S. The van der Waals surface area contributed by atoms with Crippen molar-refractivity contribution in [1.82, 2.24) is 5.32 Å². The SMILES string of the molecule is CSCCC(NC(=O)OC(C)(C)C)C(=O)Nc1ccc2c(c1)C(=O)CC(C)(C)O2. The minimum Gasteiger partial charge on any atom is -0.487 e. The number of ketones is 1. The number of Topliss-reactive ketones (excluding diaryl/α,β-unsaturated/α-hetero) is 1. The molecule has 1 aliphatic heterocycles. The Morgan fingerprint density at radius 2 is 2.00 bits per heavy atom. The fourth-order valence-electron chi connectivity index (χ4n) is 2.91. The molecule has 1 heterocycles. The van der Waals surface area contributed by atoms with E-state index in [0.717, 1.165) is 0 Å². The molecule has 8 heteroatoms. The van der Waals surface area contributed by atoms with E-state index in [4.69, 9.17) is 9.47 Å². The van der Waals surface area contributed by atoms with Crippen molar-refractivity contribution in [3.8, 4) is 5.75 Å². The molecule has 1 unspecified atom stereocenters. The Hall–Kier alpha value is -2.22. The van der Waals surface area contributed by atoms with E-state index in [1.807, 2.05) is 20.1 Å². The normalized spacial score (nSPS) is 16.3. The van der Waals surface area contributed by atoms with Crippen molar-refractivity contribution in [3.63, 3.8) is 0 Å². The maximum Gasteiger partial charge on any atom is 0.408 e. The molecule has 1 aliphatic rings. The Kier molecular flexibility index (Phi) is 7.21. The van der Waals surface area contributed by atoms with Gasteiger partial charge < -0.3 is 20.1 Å². The molecule has 2 rings (SSSR count). The van der Waals surface area contributed by atoms with Gasteiger partial charge in [0.1, 0.15) is 23.0 Å². The summed E-state index contributed by atoms with van der Waals surface area (Å²) in [5, 5.41) is 5.42. The Morgan fingerprint density at radius 3 is 2.62 bits per heavy atom. The molecule has 1 aromatic carbocycles. The van der Waals surface area contributed by atoms with Crippen molar-refractivity contribution in [2.45, 2.75) is 64.7 Å². The summed E-state index contributed by atoms with van der Waals surface area (Å²) in [6.07, 6.45) is 2.01. The smallest absolute Gasteiger partial charge is 0.408 e. The van der Waals surface area contributed by atoms with Gasteiger partial charge in [0.2, 0.25) is 5.91 Å². The summed E-state index contributed by atoms with van der Waals surface area (Å²) >= 11 is 1.58. The van der Waals surface area contributed by atoms with Crippen molar-refractivity contribution in [1.29, 1.82) is 0 Å². The minimum atomic E-state index is -0.751. The first-order valence-electron chi connectivity index (χ1n) is 9.56. The van der Waals surface area contributed by atoms with Crippen molar-refractivity contribution < 1.29 is 23.9 Å². The third-order valence-corrected chi connectivity index (χ3v) is 4.78. The first-order valence-corrected chi connectivity index (χ1v) is 11.0. The van der Waals surface area contributed by atoms with Crippen LogP contribution in [0.25, 0.3) is 0 Å². The number of carbonyl (C=O) groups excluding carboxylic acids is 3. The highest BCUT2D eigenvalue weighted by Gasteiger charge is 2.33. The van der Waals surface area contributed by atoms with Gasteiger partial charge in [0.25, 0.3) is 0 Å². The summed E-state index contributed by atoms with van der Waals surface area (Å²) in [5.41, 5.74) is -0.278. The second-order valence-electron chi connectivity index (χ2n) is 8.64. The zero-order valence-electron chi connectivity index (χ0n) is 17.9. The van der Waals surface area contributed by atoms with E-state index in [0.29, 0.717) is 29.2 Å². The van der Waals surface area contributed by atoms with E-state index in [1.165, 1.54) is 0 Å². The van der Waals surface area contributed by atoms with Crippen LogP contribution in [-0.2, 0) is 9.53 Å². The average Bonchev–Trinajstić information content (AvgIpc) is 2.56. The highest BCUT2D eigenvalue weighted by Crippen LogP contribution is 2.34. The molecule has 0 saturated carbocycles. The highest BCUT2D eigenvalue weighted by molar-refractivity contribution is 7.98. The molecule has 29 heavy (non-hydrogen) atoms. The molecule has 0 fully saturated rings. The van der Waals surface area contributed by atoms with E-state index < -0.39 is 23.3 Å². The fraction of sp³-hybridized carbons (Fsp3) is 0.571. The summed E-state index contributed by atoms with van der Waals surface area (Å²) in [4.78, 5) is 37.3. The fourth-order valence-corrected chi connectivity index (χ4v) is 3.39. The van der Waals surface area contributed by atoms with E-state index in [9.17, 15) is 14.4 Å². The number of benzene rings is 1. The van der Waals surface area contributed by atoms with Crippen LogP contribution in [0.3, 0.4) is 0 Å². The average molecular weight is 423 g/mol. The van der Waals surface area contributed by atoms with Crippen LogP contribution in [0.2, 0.25) is 0 Å². The molecule has 1 aromatic rings. The molecule has 0 bridgehead atoms. The van der Waals surface area contributed by atoms with E-state index in [2.05, 4.69) is 10.6 Å². The quantitative estimate of drug-likeness (QED) is 0.719. The first-order chi connectivity index (χ1) is 13.4. The number of hydrogen-bond acceptors (Lipinski definition) is 6. The van der Waals surface area contributed by atoms with Crippen LogP contribution in [0.4, 0.5) is 10.5 Å². The number of hydrogen-bond donors (Lipinski definition) is 2. The summed E-state index contributed by atoms with van der Waals surface area (Å²) in [6, 6.07) is 4.23. The zero-order valence-corrected chi connectivity index (χ0v) is 18.7. The lowest BCUT2D eigenvalue weighted by Gasteiger charge is -2.31. The van der Waals surface area contributed by atoms with E-state index in [1.54, 1.807) is 50.7 Å². The molecule has 0 saturated heterocycles. The lowest BCUT2D eigenvalue weighted by Crippen LogP contribution is -2.46. The number of amides is 2. The molecule has 7 nitrogen and oxygen atoms in total. The van der Waals surface area contributed by atoms with Gasteiger partial charge in [0.15, 0.2) is 5.78 Å². The first kappa shape index (κ1) is 23.1. The number of rotatable bonds is 6. The van der Waals surface area contributed by atoms with Gasteiger partial charge in [-0.05, 0) is 71.2 Å². The summed E-state index contributed by atoms with van der Waals surface area (Å²) < 4.78 is 11.1. The number of alkyl carbamates (subject to hydrolysis) is 1. The molecule has 1 atom stereocenters. The number of fused-ring (bicyclic) bond motifs is 1. The van der Waals surface area contributed by atoms with Crippen molar-refractivity contribution in [2.75, 3.05) is 17.3 Å². The van der Waals surface area contributed by atoms with Crippen molar-refractivity contribution in [2.24, 2.45) is 0 Å². The second kappa shape index (κ2) is 9.07. The Morgan fingerprint density at radius 1 is 1.31 bits per heavy atom. The zero-order chi connectivity index (χ0) is 21.8. The third-order valence-electron chi connectivity index (χ3n) is 4.14. The van der Waals surface area contributed by atoms with Crippen LogP contribution in [0.1, 0.15) is 57.8 Å². The molecular weight excluding hydrogens is 392 g/mol. The summed E-state index contributed by atoms with van der Waals surface area (Å²) in [7, 11) is 0. The topological polar surface area (TPSA) is 93.7 Å². The van der Waals surface area contributed by atoms with E-state index >= 15 is 0 Å². The molecule has 0 spiro atoms. The van der Waals surface area contributed by atoms with Crippen LogP contribution in [0.5, 0.6) is 5.75 Å². The number of carbonyl (C=O) groups is 3. The van der Waals surface area contributed by atoms with E-state index in [-0.39, 0.29) is 18.1 Å². The Balaban J connectivity index is 2.11. The third kappa shape index (κ3) is 6.96. The molecule has 0 radical (unpaired) electrons. The van der Waals surface area contributed by atoms with Gasteiger partial charge in [-0.2, -0.15) is 11.8 Å². The maximum absolute atomic E-state index is 12.8. The van der Waals surface area contributed by atoms with Gasteiger partial charge in [0.05, 0.1) is 12.0 Å². The molecule has 2 N–H and O–H groups in total. The Bertz CT molecular complexity index is 786. The number of thioether (sulfide) groups is 1. The number of ether oxygens (including phenoxy) is 2. The Labute approximate surface area is 176 Å². The molecule has 0 aromatic heterocycles. The minimum absolute atomic E-state index is 0.0295. The van der Waals surface area contributed by atoms with Crippen LogP contribution < -0.4 is 15.4 Å². The highest BCUT2D eigenvalue weighted by atomic mass is 32.2.